The molecule has 6 nitrogen and oxygen atoms in total. The number of H-pyrrole nitrogens is 1. The van der Waals surface area contributed by atoms with Crippen molar-refractivity contribution in [3.63, 3.8) is 0 Å². The smallest absolute Gasteiger partial charge is 0.295 e. The molecule has 0 aromatic carbocycles. The monoisotopic (exact) mass is 165 g/mol. The Morgan fingerprint density at radius 3 is 3.08 bits per heavy atom. The van der Waals surface area contributed by atoms with Gasteiger partial charge in [0.15, 0.2) is 5.65 Å². The normalized spacial score (nSPS) is 10.4. The Hall–Kier alpha value is -1.85. The molecular weight excluding hydrogens is 158 g/mol. The number of ether oxygens (including phenoxy) is 1. The van der Waals surface area contributed by atoms with Crippen molar-refractivity contribution in [1.29, 1.82) is 0 Å². The minimum atomic E-state index is 0.205. The van der Waals surface area contributed by atoms with Crippen molar-refractivity contribution < 1.29 is 4.74 Å². The van der Waals surface area contributed by atoms with Crippen molar-refractivity contribution in [2.75, 3.05) is 12.8 Å². The van der Waals surface area contributed by atoms with Gasteiger partial charge in [-0.3, -0.25) is 0 Å². The molecule has 2 aromatic rings. The molecule has 2 heterocycles. The number of imidazole rings is 1. The van der Waals surface area contributed by atoms with Crippen molar-refractivity contribution in [2.24, 2.45) is 0 Å². The van der Waals surface area contributed by atoms with Crippen LogP contribution in [0.5, 0.6) is 6.01 Å². The lowest BCUT2D eigenvalue weighted by atomic mass is 10.6. The van der Waals surface area contributed by atoms with E-state index in [0.717, 1.165) is 0 Å². The molecule has 0 unspecified atom stereocenters. The Balaban J connectivity index is 2.67. The second-order valence-corrected chi connectivity index (χ2v) is 2.21. The van der Waals surface area contributed by atoms with E-state index in [-0.39, 0.29) is 5.95 Å². The van der Waals surface area contributed by atoms with Gasteiger partial charge < -0.3 is 15.5 Å². The zero-order valence-corrected chi connectivity index (χ0v) is 6.40. The van der Waals surface area contributed by atoms with Gasteiger partial charge in [-0.2, -0.15) is 9.97 Å². The maximum atomic E-state index is 5.36. The first-order valence-electron chi connectivity index (χ1n) is 3.32. The Morgan fingerprint density at radius 2 is 2.33 bits per heavy atom. The maximum Gasteiger partial charge on any atom is 0.295 e. The van der Waals surface area contributed by atoms with E-state index in [1.165, 1.54) is 7.11 Å². The van der Waals surface area contributed by atoms with Crippen molar-refractivity contribution in [1.82, 2.24) is 19.9 Å². The van der Waals surface area contributed by atoms with Crippen LogP contribution in [0.25, 0.3) is 11.2 Å². The lowest BCUT2D eigenvalue weighted by Gasteiger charge is -1.87. The summed E-state index contributed by atoms with van der Waals surface area (Å²) in [6.45, 7) is 0. The van der Waals surface area contributed by atoms with Gasteiger partial charge in [0.25, 0.3) is 6.01 Å². The molecule has 0 bridgehead atoms. The molecule has 12 heavy (non-hydrogen) atoms. The summed E-state index contributed by atoms with van der Waals surface area (Å²) in [5, 5.41) is 0. The number of fused-ring (bicyclic) bond motifs is 1. The highest BCUT2D eigenvalue weighted by molar-refractivity contribution is 5.71. The van der Waals surface area contributed by atoms with Gasteiger partial charge in [0.2, 0.25) is 5.95 Å². The lowest BCUT2D eigenvalue weighted by Crippen LogP contribution is -1.93. The van der Waals surface area contributed by atoms with Gasteiger partial charge >= 0.3 is 0 Å². The van der Waals surface area contributed by atoms with Gasteiger partial charge in [0, 0.05) is 0 Å². The number of hydrogen-bond acceptors (Lipinski definition) is 5. The van der Waals surface area contributed by atoms with E-state index in [4.69, 9.17) is 10.5 Å². The molecule has 0 aliphatic carbocycles. The summed E-state index contributed by atoms with van der Waals surface area (Å²) in [5.41, 5.74) is 6.58. The van der Waals surface area contributed by atoms with Crippen LogP contribution in [-0.2, 0) is 0 Å². The zero-order valence-electron chi connectivity index (χ0n) is 6.40. The Bertz CT molecular complexity index is 409. The molecule has 0 aliphatic rings. The van der Waals surface area contributed by atoms with Gasteiger partial charge in [-0.25, -0.2) is 4.98 Å². The predicted octanol–water partition coefficient (Wildman–Crippen LogP) is -0.0563. The number of nitrogen functional groups attached to an aromatic ring is 1. The largest absolute Gasteiger partial charge is 0.468 e. The molecule has 2 rings (SSSR count). The summed E-state index contributed by atoms with van der Waals surface area (Å²) in [6, 6.07) is 0.407. The standard InChI is InChI=1S/C6H7N5O/c1-12-6-9-3-2-8-5(7)10-4(3)11-6/h2H,1H3,(H3,7,8,9,10,11). The molecule has 0 spiro atoms. The summed E-state index contributed by atoms with van der Waals surface area (Å²) in [5.74, 6) is 0.205. The Kier molecular flexibility index (Phi) is 1.33. The fourth-order valence-electron chi connectivity index (χ4n) is 0.895. The number of nitrogens with one attached hydrogen (secondary N) is 1. The van der Waals surface area contributed by atoms with Crippen LogP contribution >= 0.6 is 0 Å². The maximum absolute atomic E-state index is 5.36. The first-order chi connectivity index (χ1) is 5.79. The van der Waals surface area contributed by atoms with Gasteiger partial charge in [-0.1, -0.05) is 0 Å². The van der Waals surface area contributed by atoms with Crippen LogP contribution in [0, 0.1) is 0 Å². The summed E-state index contributed by atoms with van der Waals surface area (Å²) >= 11 is 0. The Labute approximate surface area is 67.8 Å². The first-order valence-corrected chi connectivity index (χ1v) is 3.32. The Morgan fingerprint density at radius 1 is 1.50 bits per heavy atom. The van der Waals surface area contributed by atoms with Crippen LogP contribution in [0.15, 0.2) is 6.20 Å². The van der Waals surface area contributed by atoms with E-state index in [2.05, 4.69) is 19.9 Å². The van der Waals surface area contributed by atoms with Gasteiger partial charge in [0.1, 0.15) is 5.52 Å². The van der Waals surface area contributed by atoms with E-state index in [9.17, 15) is 0 Å². The third-order valence-corrected chi connectivity index (χ3v) is 1.43. The number of rotatable bonds is 1. The molecule has 3 N–H and O–H groups in total. The summed E-state index contributed by atoms with van der Waals surface area (Å²) in [7, 11) is 1.52. The van der Waals surface area contributed by atoms with Crippen molar-refractivity contribution >= 4 is 17.1 Å². The first kappa shape index (κ1) is 6.84. The van der Waals surface area contributed by atoms with Crippen molar-refractivity contribution in [2.45, 2.75) is 0 Å². The zero-order chi connectivity index (χ0) is 8.55. The van der Waals surface area contributed by atoms with Crippen LogP contribution < -0.4 is 10.5 Å². The number of methoxy groups -OCH3 is 1. The van der Waals surface area contributed by atoms with Crippen LogP contribution in [0.3, 0.4) is 0 Å². The average molecular weight is 165 g/mol. The molecule has 0 saturated carbocycles. The van der Waals surface area contributed by atoms with E-state index in [1.54, 1.807) is 6.20 Å². The second-order valence-electron chi connectivity index (χ2n) is 2.21. The molecule has 2 aromatic heterocycles. The number of nitrogens with zero attached hydrogens (tertiary/aromatic N) is 3. The second kappa shape index (κ2) is 2.33. The number of aromatic amines is 1. The lowest BCUT2D eigenvalue weighted by molar-refractivity contribution is 0.386. The highest BCUT2D eigenvalue weighted by atomic mass is 16.5. The van der Waals surface area contributed by atoms with Gasteiger partial charge in [0.05, 0.1) is 13.3 Å². The van der Waals surface area contributed by atoms with Crippen molar-refractivity contribution in [3.05, 3.63) is 6.20 Å². The summed E-state index contributed by atoms with van der Waals surface area (Å²) in [6.07, 6.45) is 1.56. The van der Waals surface area contributed by atoms with Gasteiger partial charge in [-0.05, 0) is 0 Å². The van der Waals surface area contributed by atoms with Crippen LogP contribution in [0.1, 0.15) is 0 Å². The predicted molar refractivity (Wildman–Crippen MR) is 42.6 cm³/mol. The molecule has 0 fully saturated rings. The van der Waals surface area contributed by atoms with E-state index < -0.39 is 0 Å². The average Bonchev–Trinajstić information content (AvgIpc) is 2.46. The fraction of sp³-hybridized carbons (Fsp3) is 0.167. The summed E-state index contributed by atoms with van der Waals surface area (Å²) in [4.78, 5) is 14.5. The number of hydrogen-bond donors (Lipinski definition) is 2. The van der Waals surface area contributed by atoms with E-state index >= 15 is 0 Å². The SMILES string of the molecule is COc1nc2nc(N)ncc2[nH]1. The van der Waals surface area contributed by atoms with E-state index in [0.29, 0.717) is 17.2 Å². The van der Waals surface area contributed by atoms with Crippen LogP contribution in [0.4, 0.5) is 5.95 Å². The molecule has 0 radical (unpaired) electrons. The molecule has 0 atom stereocenters. The minimum Gasteiger partial charge on any atom is -0.468 e. The van der Waals surface area contributed by atoms with Crippen molar-refractivity contribution in [3.8, 4) is 6.01 Å². The fourth-order valence-corrected chi connectivity index (χ4v) is 0.895. The molecule has 6 heteroatoms. The molecule has 0 amide bonds. The number of nitrogens with two attached hydrogens (primary N) is 1. The molecule has 0 aliphatic heterocycles. The quantitative estimate of drug-likeness (QED) is 0.618. The molecule has 62 valence electrons. The topological polar surface area (TPSA) is 89.7 Å². The number of anilines is 1. The number of aromatic nitrogens is 4. The molecular formula is C6H7N5O. The minimum absolute atomic E-state index is 0.205. The van der Waals surface area contributed by atoms with E-state index in [1.807, 2.05) is 0 Å². The highest BCUT2D eigenvalue weighted by Gasteiger charge is 2.03. The van der Waals surface area contributed by atoms with Crippen LogP contribution in [0.2, 0.25) is 0 Å². The third kappa shape index (κ3) is 0.931. The highest BCUT2D eigenvalue weighted by Crippen LogP contribution is 2.12. The summed E-state index contributed by atoms with van der Waals surface area (Å²) < 4.78 is 4.86. The van der Waals surface area contributed by atoms with Crippen LogP contribution in [-0.4, -0.2) is 27.0 Å². The van der Waals surface area contributed by atoms with Gasteiger partial charge in [-0.15, -0.1) is 0 Å². The third-order valence-electron chi connectivity index (χ3n) is 1.43. The molecule has 0 saturated heterocycles.